The SMILES string of the molecule is CC(NC(=O)CC1CCCN1)C1CCCC1.Cl. The highest BCUT2D eigenvalue weighted by molar-refractivity contribution is 5.85. The van der Waals surface area contributed by atoms with Crippen molar-refractivity contribution in [3.8, 4) is 0 Å². The third-order valence-corrected chi connectivity index (χ3v) is 4.09. The van der Waals surface area contributed by atoms with E-state index >= 15 is 0 Å². The van der Waals surface area contributed by atoms with Crippen LogP contribution in [0.5, 0.6) is 0 Å². The lowest BCUT2D eigenvalue weighted by atomic mass is 9.99. The molecule has 1 heterocycles. The van der Waals surface area contributed by atoms with E-state index in [1.165, 1.54) is 32.1 Å². The Bertz CT molecular complexity index is 236. The fraction of sp³-hybridized carbons (Fsp3) is 0.923. The molecule has 2 unspecified atom stereocenters. The minimum Gasteiger partial charge on any atom is -0.353 e. The standard InChI is InChI=1S/C13H24N2O.ClH/c1-10(11-5-2-3-6-11)15-13(16)9-12-7-4-8-14-12;/h10-12,14H,2-9H2,1H3,(H,15,16);1H. The van der Waals surface area contributed by atoms with Crippen molar-refractivity contribution in [1.29, 1.82) is 0 Å². The van der Waals surface area contributed by atoms with Crippen LogP contribution in [0.4, 0.5) is 0 Å². The summed E-state index contributed by atoms with van der Waals surface area (Å²) in [6, 6.07) is 0.798. The maximum absolute atomic E-state index is 11.8. The van der Waals surface area contributed by atoms with E-state index in [1.807, 2.05) is 0 Å². The Labute approximate surface area is 111 Å². The number of amides is 1. The number of hydrogen-bond acceptors (Lipinski definition) is 2. The van der Waals surface area contributed by atoms with Crippen LogP contribution in [0.2, 0.25) is 0 Å². The molecule has 1 amide bonds. The molecule has 0 aromatic carbocycles. The van der Waals surface area contributed by atoms with Gasteiger partial charge in [0.15, 0.2) is 0 Å². The van der Waals surface area contributed by atoms with Crippen LogP contribution >= 0.6 is 12.4 Å². The van der Waals surface area contributed by atoms with E-state index in [-0.39, 0.29) is 18.3 Å². The van der Waals surface area contributed by atoms with Crippen LogP contribution in [0.25, 0.3) is 0 Å². The molecule has 1 saturated carbocycles. The zero-order chi connectivity index (χ0) is 11.4. The van der Waals surface area contributed by atoms with Crippen LogP contribution in [-0.2, 0) is 4.79 Å². The average molecular weight is 261 g/mol. The normalized spacial score (nSPS) is 26.5. The third kappa shape index (κ3) is 4.47. The van der Waals surface area contributed by atoms with Crippen molar-refractivity contribution >= 4 is 18.3 Å². The summed E-state index contributed by atoms with van der Waals surface area (Å²) in [6.07, 6.45) is 8.31. The molecule has 1 aliphatic heterocycles. The number of rotatable bonds is 4. The lowest BCUT2D eigenvalue weighted by molar-refractivity contribution is -0.122. The Balaban J connectivity index is 0.00000144. The zero-order valence-electron chi connectivity index (χ0n) is 10.7. The molecule has 1 saturated heterocycles. The number of carbonyl (C=O) groups excluding carboxylic acids is 1. The lowest BCUT2D eigenvalue weighted by Crippen LogP contribution is -2.40. The quantitative estimate of drug-likeness (QED) is 0.814. The summed E-state index contributed by atoms with van der Waals surface area (Å²) in [7, 11) is 0. The van der Waals surface area contributed by atoms with E-state index in [9.17, 15) is 4.79 Å². The smallest absolute Gasteiger partial charge is 0.221 e. The van der Waals surface area contributed by atoms with Gasteiger partial charge >= 0.3 is 0 Å². The number of carbonyl (C=O) groups is 1. The van der Waals surface area contributed by atoms with Gasteiger partial charge in [0.2, 0.25) is 5.91 Å². The first kappa shape index (κ1) is 14.8. The van der Waals surface area contributed by atoms with Crippen LogP contribution in [0.1, 0.15) is 51.9 Å². The average Bonchev–Trinajstić information content (AvgIpc) is 2.88. The number of nitrogens with one attached hydrogen (secondary N) is 2. The molecule has 0 aromatic rings. The van der Waals surface area contributed by atoms with E-state index in [1.54, 1.807) is 0 Å². The van der Waals surface area contributed by atoms with Gasteiger partial charge in [-0.25, -0.2) is 0 Å². The molecule has 2 atom stereocenters. The molecule has 4 heteroatoms. The molecule has 1 aliphatic carbocycles. The maximum Gasteiger partial charge on any atom is 0.221 e. The Kier molecular flexibility index (Phi) is 6.28. The van der Waals surface area contributed by atoms with Gasteiger partial charge in [-0.15, -0.1) is 12.4 Å². The van der Waals surface area contributed by atoms with E-state index < -0.39 is 0 Å². The fourth-order valence-corrected chi connectivity index (χ4v) is 3.04. The molecule has 3 nitrogen and oxygen atoms in total. The van der Waals surface area contributed by atoms with E-state index in [0.717, 1.165) is 18.9 Å². The topological polar surface area (TPSA) is 41.1 Å². The fourth-order valence-electron chi connectivity index (χ4n) is 3.04. The van der Waals surface area contributed by atoms with E-state index in [2.05, 4.69) is 17.6 Å². The van der Waals surface area contributed by atoms with Crippen LogP contribution in [0.15, 0.2) is 0 Å². The molecule has 2 aliphatic rings. The van der Waals surface area contributed by atoms with Gasteiger partial charge in [-0.3, -0.25) is 4.79 Å². The van der Waals surface area contributed by atoms with Gasteiger partial charge in [0.05, 0.1) is 0 Å². The number of halogens is 1. The lowest BCUT2D eigenvalue weighted by Gasteiger charge is -2.21. The summed E-state index contributed by atoms with van der Waals surface area (Å²) in [5.74, 6) is 0.958. The van der Waals surface area contributed by atoms with Crippen molar-refractivity contribution in [2.24, 2.45) is 5.92 Å². The molecule has 17 heavy (non-hydrogen) atoms. The zero-order valence-corrected chi connectivity index (χ0v) is 11.5. The highest BCUT2D eigenvalue weighted by Crippen LogP contribution is 2.27. The molecule has 0 bridgehead atoms. The van der Waals surface area contributed by atoms with Crippen LogP contribution < -0.4 is 10.6 Å². The highest BCUT2D eigenvalue weighted by Gasteiger charge is 2.24. The summed E-state index contributed by atoms with van der Waals surface area (Å²) >= 11 is 0. The van der Waals surface area contributed by atoms with Crippen molar-refractivity contribution in [3.05, 3.63) is 0 Å². The van der Waals surface area contributed by atoms with Gasteiger partial charge in [0, 0.05) is 18.5 Å². The van der Waals surface area contributed by atoms with Crippen LogP contribution in [-0.4, -0.2) is 24.5 Å². The molecule has 0 aromatic heterocycles. The second-order valence-corrected chi connectivity index (χ2v) is 5.40. The van der Waals surface area contributed by atoms with Crippen molar-refractivity contribution in [2.75, 3.05) is 6.54 Å². The van der Waals surface area contributed by atoms with Crippen molar-refractivity contribution in [1.82, 2.24) is 10.6 Å². The Morgan fingerprint density at radius 3 is 2.59 bits per heavy atom. The predicted octanol–water partition coefficient (Wildman–Crippen LogP) is 2.25. The monoisotopic (exact) mass is 260 g/mol. The predicted molar refractivity (Wildman–Crippen MR) is 72.5 cm³/mol. The Hall–Kier alpha value is -0.280. The van der Waals surface area contributed by atoms with Crippen LogP contribution in [0, 0.1) is 5.92 Å². The molecule has 2 rings (SSSR count). The second kappa shape index (κ2) is 7.22. The summed E-state index contributed by atoms with van der Waals surface area (Å²) in [5, 5.41) is 6.54. The number of hydrogen-bond donors (Lipinski definition) is 2. The van der Waals surface area contributed by atoms with Gasteiger partial charge in [-0.05, 0) is 45.1 Å². The van der Waals surface area contributed by atoms with E-state index in [4.69, 9.17) is 0 Å². The molecular weight excluding hydrogens is 236 g/mol. The molecule has 2 fully saturated rings. The molecule has 0 spiro atoms. The first-order valence-corrected chi connectivity index (χ1v) is 6.78. The summed E-state index contributed by atoms with van der Waals surface area (Å²) in [5.41, 5.74) is 0. The van der Waals surface area contributed by atoms with Gasteiger partial charge in [0.1, 0.15) is 0 Å². The largest absolute Gasteiger partial charge is 0.353 e. The Morgan fingerprint density at radius 2 is 2.00 bits per heavy atom. The third-order valence-electron chi connectivity index (χ3n) is 4.09. The minimum absolute atomic E-state index is 0. The van der Waals surface area contributed by atoms with E-state index in [0.29, 0.717) is 18.5 Å². The van der Waals surface area contributed by atoms with Gasteiger partial charge in [-0.2, -0.15) is 0 Å². The Morgan fingerprint density at radius 1 is 1.29 bits per heavy atom. The minimum atomic E-state index is 0. The summed E-state index contributed by atoms with van der Waals surface area (Å²) < 4.78 is 0. The van der Waals surface area contributed by atoms with Crippen molar-refractivity contribution < 1.29 is 4.79 Å². The first-order valence-electron chi connectivity index (χ1n) is 6.78. The first-order chi connectivity index (χ1) is 7.75. The summed E-state index contributed by atoms with van der Waals surface area (Å²) in [6.45, 7) is 3.24. The molecule has 0 radical (unpaired) electrons. The van der Waals surface area contributed by atoms with Crippen molar-refractivity contribution in [2.45, 2.75) is 64.0 Å². The molecule has 2 N–H and O–H groups in total. The maximum atomic E-state index is 11.8. The van der Waals surface area contributed by atoms with Crippen LogP contribution in [0.3, 0.4) is 0 Å². The van der Waals surface area contributed by atoms with Gasteiger partial charge in [0.25, 0.3) is 0 Å². The second-order valence-electron chi connectivity index (χ2n) is 5.40. The van der Waals surface area contributed by atoms with Crippen molar-refractivity contribution in [3.63, 3.8) is 0 Å². The van der Waals surface area contributed by atoms with Gasteiger partial charge < -0.3 is 10.6 Å². The molecular formula is C13H25ClN2O. The molecule has 100 valence electrons. The highest BCUT2D eigenvalue weighted by atomic mass is 35.5. The summed E-state index contributed by atoms with van der Waals surface area (Å²) in [4.78, 5) is 11.8. The van der Waals surface area contributed by atoms with Gasteiger partial charge in [-0.1, -0.05) is 12.8 Å².